The van der Waals surface area contributed by atoms with E-state index < -0.39 is 0 Å². The molecule has 4 aromatic rings. The van der Waals surface area contributed by atoms with Gasteiger partial charge in [-0.1, -0.05) is 23.4 Å². The standard InChI is InChI=1S/C21H18N4O3/c1-14-11-22-9-7-16(14)12-24-21(26)18-10-17(28-25-18)13-27-19-6-2-4-15-5-3-8-23-20(15)19/h2-11H,12-13H2,1H3,(H,24,26). The number of aromatic nitrogens is 3. The molecule has 1 amide bonds. The smallest absolute Gasteiger partial charge is 0.273 e. The third-order valence-electron chi connectivity index (χ3n) is 4.33. The lowest BCUT2D eigenvalue weighted by Gasteiger charge is -2.06. The van der Waals surface area contributed by atoms with Crippen molar-refractivity contribution in [2.75, 3.05) is 0 Å². The molecule has 0 fully saturated rings. The van der Waals surface area contributed by atoms with E-state index in [1.54, 1.807) is 24.7 Å². The number of amides is 1. The number of ether oxygens (including phenoxy) is 1. The molecule has 0 bridgehead atoms. The van der Waals surface area contributed by atoms with Gasteiger partial charge >= 0.3 is 0 Å². The highest BCUT2D eigenvalue weighted by atomic mass is 16.5. The zero-order valence-corrected chi connectivity index (χ0v) is 15.3. The SMILES string of the molecule is Cc1cnccc1CNC(=O)c1cc(COc2cccc3cccnc23)on1. The number of rotatable bonds is 6. The Morgan fingerprint density at radius 3 is 2.96 bits per heavy atom. The average molecular weight is 374 g/mol. The van der Waals surface area contributed by atoms with Crippen molar-refractivity contribution < 1.29 is 14.1 Å². The van der Waals surface area contributed by atoms with Crippen LogP contribution in [0.2, 0.25) is 0 Å². The highest BCUT2D eigenvalue weighted by Crippen LogP contribution is 2.24. The van der Waals surface area contributed by atoms with Crippen LogP contribution in [-0.2, 0) is 13.2 Å². The number of hydrogen-bond acceptors (Lipinski definition) is 6. The number of hydrogen-bond donors (Lipinski definition) is 1. The minimum Gasteiger partial charge on any atom is -0.483 e. The molecule has 4 rings (SSSR count). The van der Waals surface area contributed by atoms with Crippen LogP contribution in [0.15, 0.2) is 65.6 Å². The van der Waals surface area contributed by atoms with Crippen LogP contribution in [-0.4, -0.2) is 21.0 Å². The second-order valence-corrected chi connectivity index (χ2v) is 6.28. The van der Waals surface area contributed by atoms with Crippen LogP contribution < -0.4 is 10.1 Å². The van der Waals surface area contributed by atoms with Gasteiger partial charge in [-0.3, -0.25) is 14.8 Å². The molecule has 1 aromatic carbocycles. The number of aryl methyl sites for hydroxylation is 1. The zero-order valence-electron chi connectivity index (χ0n) is 15.3. The molecule has 0 aliphatic heterocycles. The van der Waals surface area contributed by atoms with Crippen molar-refractivity contribution in [3.8, 4) is 5.75 Å². The van der Waals surface area contributed by atoms with Crippen molar-refractivity contribution in [1.29, 1.82) is 0 Å². The van der Waals surface area contributed by atoms with Crippen molar-refractivity contribution in [2.45, 2.75) is 20.1 Å². The number of nitrogens with zero attached hydrogens (tertiary/aromatic N) is 3. The number of carbonyl (C=O) groups excluding carboxylic acids is 1. The van der Waals surface area contributed by atoms with E-state index in [2.05, 4.69) is 20.4 Å². The molecule has 0 unspecified atom stereocenters. The predicted octanol–water partition coefficient (Wildman–Crippen LogP) is 3.44. The van der Waals surface area contributed by atoms with Gasteiger partial charge < -0.3 is 14.6 Å². The molecule has 0 saturated carbocycles. The summed E-state index contributed by atoms with van der Waals surface area (Å²) in [6.45, 7) is 2.50. The second kappa shape index (κ2) is 7.87. The van der Waals surface area contributed by atoms with Crippen LogP contribution in [0.5, 0.6) is 5.75 Å². The number of benzene rings is 1. The molecule has 3 aromatic heterocycles. The van der Waals surface area contributed by atoms with E-state index >= 15 is 0 Å². The fourth-order valence-corrected chi connectivity index (χ4v) is 2.80. The van der Waals surface area contributed by atoms with Gasteiger partial charge in [0.2, 0.25) is 0 Å². The lowest BCUT2D eigenvalue weighted by atomic mass is 10.1. The fraction of sp³-hybridized carbons (Fsp3) is 0.143. The van der Waals surface area contributed by atoms with Gasteiger partial charge in [0.25, 0.3) is 5.91 Å². The molecule has 3 heterocycles. The molecule has 0 aliphatic rings. The summed E-state index contributed by atoms with van der Waals surface area (Å²) >= 11 is 0. The van der Waals surface area contributed by atoms with E-state index in [4.69, 9.17) is 9.26 Å². The molecule has 7 heteroatoms. The maximum Gasteiger partial charge on any atom is 0.273 e. The summed E-state index contributed by atoms with van der Waals surface area (Å²) in [6.07, 6.45) is 5.17. The molecule has 28 heavy (non-hydrogen) atoms. The third-order valence-corrected chi connectivity index (χ3v) is 4.33. The van der Waals surface area contributed by atoms with E-state index in [9.17, 15) is 4.79 Å². The van der Waals surface area contributed by atoms with Crippen LogP contribution in [0.25, 0.3) is 10.9 Å². The average Bonchev–Trinajstić information content (AvgIpc) is 3.20. The summed E-state index contributed by atoms with van der Waals surface area (Å²) in [4.78, 5) is 20.7. The molecular weight excluding hydrogens is 356 g/mol. The Balaban J connectivity index is 1.39. The summed E-state index contributed by atoms with van der Waals surface area (Å²) in [5.74, 6) is 0.796. The maximum atomic E-state index is 12.3. The summed E-state index contributed by atoms with van der Waals surface area (Å²) in [6, 6.07) is 13.0. The van der Waals surface area contributed by atoms with Gasteiger partial charge in [0.1, 0.15) is 17.9 Å². The number of fused-ring (bicyclic) bond motifs is 1. The number of nitrogens with one attached hydrogen (secondary N) is 1. The van der Waals surface area contributed by atoms with Crippen LogP contribution in [0.1, 0.15) is 27.4 Å². The Kier molecular flexibility index (Phi) is 4.97. The first-order chi connectivity index (χ1) is 13.7. The van der Waals surface area contributed by atoms with E-state index in [1.165, 1.54) is 0 Å². The van der Waals surface area contributed by atoms with Gasteiger partial charge in [-0.15, -0.1) is 0 Å². The Hall–Kier alpha value is -3.74. The number of para-hydroxylation sites is 1. The number of carbonyl (C=O) groups is 1. The highest BCUT2D eigenvalue weighted by Gasteiger charge is 2.13. The normalized spacial score (nSPS) is 10.8. The van der Waals surface area contributed by atoms with E-state index in [-0.39, 0.29) is 18.2 Å². The van der Waals surface area contributed by atoms with Gasteiger partial charge in [0.05, 0.1) is 0 Å². The molecule has 7 nitrogen and oxygen atoms in total. The lowest BCUT2D eigenvalue weighted by Crippen LogP contribution is -2.23. The number of pyridine rings is 2. The fourth-order valence-electron chi connectivity index (χ4n) is 2.80. The molecule has 140 valence electrons. The van der Waals surface area contributed by atoms with Crippen molar-refractivity contribution >= 4 is 16.8 Å². The van der Waals surface area contributed by atoms with Crippen molar-refractivity contribution in [2.24, 2.45) is 0 Å². The molecule has 0 radical (unpaired) electrons. The van der Waals surface area contributed by atoms with E-state index in [1.807, 2.05) is 43.3 Å². The minimum atomic E-state index is -0.307. The summed E-state index contributed by atoms with van der Waals surface area (Å²) < 4.78 is 11.0. The van der Waals surface area contributed by atoms with Gasteiger partial charge in [-0.05, 0) is 36.2 Å². The first-order valence-electron chi connectivity index (χ1n) is 8.80. The Bertz CT molecular complexity index is 1120. The first kappa shape index (κ1) is 17.7. The van der Waals surface area contributed by atoms with Gasteiger partial charge in [0, 0.05) is 36.6 Å². The maximum absolute atomic E-state index is 12.3. The molecule has 0 atom stereocenters. The topological polar surface area (TPSA) is 90.1 Å². The van der Waals surface area contributed by atoms with Crippen LogP contribution >= 0.6 is 0 Å². The second-order valence-electron chi connectivity index (χ2n) is 6.28. The third kappa shape index (κ3) is 3.83. The van der Waals surface area contributed by atoms with Crippen LogP contribution in [0, 0.1) is 6.92 Å². The highest BCUT2D eigenvalue weighted by molar-refractivity contribution is 5.92. The zero-order chi connectivity index (χ0) is 19.3. The lowest BCUT2D eigenvalue weighted by molar-refractivity contribution is 0.0941. The Morgan fingerprint density at radius 1 is 1.18 bits per heavy atom. The largest absolute Gasteiger partial charge is 0.483 e. The summed E-state index contributed by atoms with van der Waals surface area (Å²) in [5.41, 5.74) is 3.00. The predicted molar refractivity (Wildman–Crippen MR) is 103 cm³/mol. The molecule has 0 spiro atoms. The minimum absolute atomic E-state index is 0.152. The van der Waals surface area contributed by atoms with E-state index in [0.717, 1.165) is 22.0 Å². The molecule has 0 aliphatic carbocycles. The van der Waals surface area contributed by atoms with Crippen molar-refractivity contribution in [3.05, 3.63) is 83.6 Å². The molecule has 1 N–H and O–H groups in total. The first-order valence-corrected chi connectivity index (χ1v) is 8.80. The Morgan fingerprint density at radius 2 is 2.07 bits per heavy atom. The van der Waals surface area contributed by atoms with Crippen LogP contribution in [0.3, 0.4) is 0 Å². The van der Waals surface area contributed by atoms with Gasteiger partial charge in [0.15, 0.2) is 11.5 Å². The van der Waals surface area contributed by atoms with Crippen molar-refractivity contribution in [3.63, 3.8) is 0 Å². The van der Waals surface area contributed by atoms with Gasteiger partial charge in [-0.25, -0.2) is 0 Å². The quantitative estimate of drug-likeness (QED) is 0.556. The summed E-state index contributed by atoms with van der Waals surface area (Å²) in [7, 11) is 0. The molecular formula is C21H18N4O3. The summed E-state index contributed by atoms with van der Waals surface area (Å²) in [5, 5.41) is 7.65. The van der Waals surface area contributed by atoms with Crippen LogP contribution in [0.4, 0.5) is 0 Å². The Labute approximate surface area is 161 Å². The monoisotopic (exact) mass is 374 g/mol. The van der Waals surface area contributed by atoms with E-state index in [0.29, 0.717) is 18.1 Å². The molecule has 0 saturated heterocycles. The van der Waals surface area contributed by atoms with Gasteiger partial charge in [-0.2, -0.15) is 0 Å². The van der Waals surface area contributed by atoms with Crippen molar-refractivity contribution in [1.82, 2.24) is 20.4 Å².